The van der Waals surface area contributed by atoms with E-state index in [-0.39, 0.29) is 0 Å². The van der Waals surface area contributed by atoms with Gasteiger partial charge in [0.25, 0.3) is 0 Å². The minimum atomic E-state index is 0.731. The number of nitrogens with one attached hydrogen (secondary N) is 1. The van der Waals surface area contributed by atoms with Crippen LogP contribution in [-0.4, -0.2) is 13.2 Å². The second-order valence-corrected chi connectivity index (χ2v) is 4.49. The Morgan fingerprint density at radius 1 is 1.19 bits per heavy atom. The van der Waals surface area contributed by atoms with E-state index in [4.69, 9.17) is 4.74 Å². The van der Waals surface area contributed by atoms with Crippen molar-refractivity contribution in [2.45, 2.75) is 32.6 Å². The smallest absolute Gasteiger partial charge is 0.119 e. The molecule has 0 aliphatic heterocycles. The van der Waals surface area contributed by atoms with Gasteiger partial charge in [-0.2, -0.15) is 0 Å². The van der Waals surface area contributed by atoms with Gasteiger partial charge in [-0.05, 0) is 49.9 Å². The Labute approximate surface area is 98.0 Å². The summed E-state index contributed by atoms with van der Waals surface area (Å²) in [7, 11) is 0. The molecule has 0 radical (unpaired) electrons. The van der Waals surface area contributed by atoms with Crippen LogP contribution in [0.2, 0.25) is 0 Å². The first-order valence-corrected chi connectivity index (χ1v) is 6.35. The monoisotopic (exact) mass is 219 g/mol. The molecule has 1 saturated carbocycles. The fourth-order valence-corrected chi connectivity index (χ4v) is 2.31. The summed E-state index contributed by atoms with van der Waals surface area (Å²) in [5, 5.41) is 3.50. The molecule has 1 aliphatic rings. The van der Waals surface area contributed by atoms with Gasteiger partial charge in [-0.3, -0.25) is 0 Å². The molecule has 2 nitrogen and oxygen atoms in total. The quantitative estimate of drug-likeness (QED) is 0.815. The molecule has 0 amide bonds. The number of hydrogen-bond donors (Lipinski definition) is 1. The van der Waals surface area contributed by atoms with Gasteiger partial charge in [-0.25, -0.2) is 0 Å². The topological polar surface area (TPSA) is 21.3 Å². The highest BCUT2D eigenvalue weighted by Crippen LogP contribution is 2.25. The first-order valence-electron chi connectivity index (χ1n) is 6.35. The third-order valence-corrected chi connectivity index (χ3v) is 3.23. The van der Waals surface area contributed by atoms with Gasteiger partial charge in [0, 0.05) is 12.2 Å². The van der Waals surface area contributed by atoms with Crippen LogP contribution in [0.1, 0.15) is 32.6 Å². The van der Waals surface area contributed by atoms with Gasteiger partial charge in [0.1, 0.15) is 5.75 Å². The highest BCUT2D eigenvalue weighted by atomic mass is 16.5. The van der Waals surface area contributed by atoms with E-state index in [1.807, 2.05) is 19.1 Å². The molecule has 1 aliphatic carbocycles. The summed E-state index contributed by atoms with van der Waals surface area (Å²) in [4.78, 5) is 0. The minimum Gasteiger partial charge on any atom is -0.494 e. The van der Waals surface area contributed by atoms with E-state index >= 15 is 0 Å². The molecule has 2 rings (SSSR count). The minimum absolute atomic E-state index is 0.731. The number of hydrogen-bond acceptors (Lipinski definition) is 2. The van der Waals surface area contributed by atoms with Gasteiger partial charge in [-0.15, -0.1) is 0 Å². The van der Waals surface area contributed by atoms with Gasteiger partial charge >= 0.3 is 0 Å². The van der Waals surface area contributed by atoms with Crippen LogP contribution in [-0.2, 0) is 0 Å². The van der Waals surface area contributed by atoms with Crippen molar-refractivity contribution in [2.75, 3.05) is 18.5 Å². The maximum atomic E-state index is 5.41. The summed E-state index contributed by atoms with van der Waals surface area (Å²) in [6.45, 7) is 3.86. The maximum Gasteiger partial charge on any atom is 0.119 e. The fraction of sp³-hybridized carbons (Fsp3) is 0.571. The average Bonchev–Trinajstić information content (AvgIpc) is 2.82. The number of rotatable bonds is 5. The van der Waals surface area contributed by atoms with Crippen LogP contribution < -0.4 is 10.1 Å². The van der Waals surface area contributed by atoms with Crippen LogP contribution in [0, 0.1) is 5.92 Å². The Bertz CT molecular complexity index is 301. The normalized spacial score (nSPS) is 16.3. The SMILES string of the molecule is CCOc1ccc(NCC2CCCC2)cc1. The van der Waals surface area contributed by atoms with E-state index < -0.39 is 0 Å². The van der Waals surface area contributed by atoms with Crippen molar-refractivity contribution in [3.63, 3.8) is 0 Å². The summed E-state index contributed by atoms with van der Waals surface area (Å²) in [5.74, 6) is 1.83. The van der Waals surface area contributed by atoms with Crippen LogP contribution in [0.25, 0.3) is 0 Å². The standard InChI is InChI=1S/C14H21NO/c1-2-16-14-9-7-13(8-10-14)15-11-12-5-3-4-6-12/h7-10,12,15H,2-6,11H2,1H3. The summed E-state index contributed by atoms with van der Waals surface area (Å²) in [5.41, 5.74) is 1.20. The van der Waals surface area contributed by atoms with E-state index in [1.165, 1.54) is 31.4 Å². The van der Waals surface area contributed by atoms with Gasteiger partial charge < -0.3 is 10.1 Å². The number of benzene rings is 1. The summed E-state index contributed by atoms with van der Waals surface area (Å²) in [6.07, 6.45) is 5.61. The molecule has 1 fully saturated rings. The third-order valence-electron chi connectivity index (χ3n) is 3.23. The number of ether oxygens (including phenoxy) is 1. The van der Waals surface area contributed by atoms with E-state index in [0.29, 0.717) is 0 Å². The molecule has 0 aromatic heterocycles. The van der Waals surface area contributed by atoms with Crippen LogP contribution in [0.4, 0.5) is 5.69 Å². The first-order chi connectivity index (χ1) is 7.88. The second-order valence-electron chi connectivity index (χ2n) is 4.49. The summed E-state index contributed by atoms with van der Waals surface area (Å²) >= 11 is 0. The van der Waals surface area contributed by atoms with Crippen LogP contribution >= 0.6 is 0 Å². The lowest BCUT2D eigenvalue weighted by molar-refractivity contribution is 0.340. The molecule has 0 atom stereocenters. The third kappa shape index (κ3) is 3.16. The zero-order valence-electron chi connectivity index (χ0n) is 10.0. The predicted molar refractivity (Wildman–Crippen MR) is 68.1 cm³/mol. The Morgan fingerprint density at radius 3 is 2.50 bits per heavy atom. The molecule has 0 saturated heterocycles. The first kappa shape index (κ1) is 11.3. The molecular weight excluding hydrogens is 198 g/mol. The van der Waals surface area contributed by atoms with Gasteiger partial charge in [-0.1, -0.05) is 12.8 Å². The Morgan fingerprint density at radius 2 is 1.88 bits per heavy atom. The van der Waals surface area contributed by atoms with Crippen molar-refractivity contribution in [3.05, 3.63) is 24.3 Å². The van der Waals surface area contributed by atoms with E-state index in [1.54, 1.807) is 0 Å². The number of anilines is 1. The molecule has 1 aromatic rings. The lowest BCUT2D eigenvalue weighted by Crippen LogP contribution is -2.10. The van der Waals surface area contributed by atoms with E-state index in [9.17, 15) is 0 Å². The molecule has 0 spiro atoms. The van der Waals surface area contributed by atoms with Crippen molar-refractivity contribution in [2.24, 2.45) is 5.92 Å². The largest absolute Gasteiger partial charge is 0.494 e. The van der Waals surface area contributed by atoms with Gasteiger partial charge in [0.05, 0.1) is 6.61 Å². The second kappa shape index (κ2) is 5.78. The molecule has 0 heterocycles. The zero-order valence-corrected chi connectivity index (χ0v) is 10.0. The molecule has 1 N–H and O–H groups in total. The van der Waals surface area contributed by atoms with Crippen molar-refractivity contribution in [1.82, 2.24) is 0 Å². The van der Waals surface area contributed by atoms with E-state index in [0.717, 1.165) is 24.8 Å². The molecule has 0 unspecified atom stereocenters. The summed E-state index contributed by atoms with van der Waals surface area (Å²) < 4.78 is 5.41. The molecule has 1 aromatic carbocycles. The Balaban J connectivity index is 1.80. The molecule has 16 heavy (non-hydrogen) atoms. The lowest BCUT2D eigenvalue weighted by Gasteiger charge is -2.12. The molecule has 0 bridgehead atoms. The van der Waals surface area contributed by atoms with Crippen molar-refractivity contribution in [1.29, 1.82) is 0 Å². The van der Waals surface area contributed by atoms with Crippen molar-refractivity contribution in [3.8, 4) is 5.75 Å². The van der Waals surface area contributed by atoms with E-state index in [2.05, 4.69) is 17.4 Å². The maximum absolute atomic E-state index is 5.41. The molecule has 2 heteroatoms. The van der Waals surface area contributed by atoms with Crippen LogP contribution in [0.5, 0.6) is 5.75 Å². The predicted octanol–water partition coefficient (Wildman–Crippen LogP) is 3.69. The van der Waals surface area contributed by atoms with Gasteiger partial charge in [0.15, 0.2) is 0 Å². The molecular formula is C14H21NO. The summed E-state index contributed by atoms with van der Waals surface area (Å²) in [6, 6.07) is 8.25. The average molecular weight is 219 g/mol. The highest BCUT2D eigenvalue weighted by molar-refractivity contribution is 5.46. The van der Waals surface area contributed by atoms with Crippen LogP contribution in [0.15, 0.2) is 24.3 Å². The van der Waals surface area contributed by atoms with Crippen molar-refractivity contribution >= 4 is 5.69 Å². The lowest BCUT2D eigenvalue weighted by atomic mass is 10.1. The highest BCUT2D eigenvalue weighted by Gasteiger charge is 2.14. The van der Waals surface area contributed by atoms with Gasteiger partial charge in [0.2, 0.25) is 0 Å². The molecule has 88 valence electrons. The zero-order chi connectivity index (χ0) is 11.2. The Kier molecular flexibility index (Phi) is 4.09. The fourth-order valence-electron chi connectivity index (χ4n) is 2.31. The van der Waals surface area contributed by atoms with Crippen LogP contribution in [0.3, 0.4) is 0 Å². The van der Waals surface area contributed by atoms with Crippen molar-refractivity contribution < 1.29 is 4.74 Å². The Hall–Kier alpha value is -1.18.